The van der Waals surface area contributed by atoms with Crippen LogP contribution in [0.1, 0.15) is 36.6 Å². The summed E-state index contributed by atoms with van der Waals surface area (Å²) < 4.78 is 28.1. The summed E-state index contributed by atoms with van der Waals surface area (Å²) in [4.78, 5) is 3.17. The number of benzene rings is 2. The lowest BCUT2D eigenvalue weighted by molar-refractivity contribution is 0.601. The largest absolute Gasteiger partial charge is 0.358 e. The van der Waals surface area contributed by atoms with Gasteiger partial charge in [-0.15, -0.1) is 12.4 Å². The molecule has 4 N–H and O–H groups in total. The molecule has 0 saturated carbocycles. The molecule has 0 aliphatic heterocycles. The Hall–Kier alpha value is -2.53. The van der Waals surface area contributed by atoms with E-state index in [4.69, 9.17) is 5.73 Å². The number of aromatic nitrogens is 1. The van der Waals surface area contributed by atoms with Crippen molar-refractivity contribution in [3.05, 3.63) is 59.3 Å². The number of fused-ring (bicyclic) bond motifs is 1. The highest BCUT2D eigenvalue weighted by molar-refractivity contribution is 7.92. The lowest BCUT2D eigenvalue weighted by atomic mass is 10.0. The highest BCUT2D eigenvalue weighted by Gasteiger charge is 2.18. The molecule has 0 bridgehead atoms. The molecule has 0 radical (unpaired) electrons. The van der Waals surface area contributed by atoms with Crippen molar-refractivity contribution in [3.63, 3.8) is 0 Å². The van der Waals surface area contributed by atoms with Crippen LogP contribution >= 0.6 is 12.4 Å². The van der Waals surface area contributed by atoms with E-state index in [1.54, 1.807) is 24.4 Å². The molecular formula is C19H21ClN4O2S. The second-order valence-corrected chi connectivity index (χ2v) is 7.84. The number of anilines is 1. The molecule has 0 fully saturated rings. The Morgan fingerprint density at radius 3 is 2.44 bits per heavy atom. The van der Waals surface area contributed by atoms with E-state index in [1.807, 2.05) is 19.9 Å². The first kappa shape index (κ1) is 20.8. The number of H-pyrrole nitrogens is 1. The molecule has 3 aromatic rings. The average Bonchev–Trinajstić information content (AvgIpc) is 3.06. The molecule has 1 atom stereocenters. The van der Waals surface area contributed by atoms with Gasteiger partial charge in [0, 0.05) is 17.6 Å². The third kappa shape index (κ3) is 3.93. The molecule has 0 amide bonds. The molecule has 3 rings (SSSR count). The Kier molecular flexibility index (Phi) is 6.16. The lowest BCUT2D eigenvalue weighted by Crippen LogP contribution is -2.14. The Morgan fingerprint density at radius 2 is 1.89 bits per heavy atom. The lowest BCUT2D eigenvalue weighted by Gasteiger charge is -2.12. The fourth-order valence-corrected chi connectivity index (χ4v) is 4.01. The Labute approximate surface area is 164 Å². The number of nitrogens with zero attached hydrogens (tertiary/aromatic N) is 1. The van der Waals surface area contributed by atoms with Gasteiger partial charge in [0.2, 0.25) is 0 Å². The Balaban J connectivity index is 0.00000261. The molecule has 1 aromatic heterocycles. The van der Waals surface area contributed by atoms with Gasteiger partial charge >= 0.3 is 0 Å². The molecule has 142 valence electrons. The number of hydrogen-bond acceptors (Lipinski definition) is 4. The summed E-state index contributed by atoms with van der Waals surface area (Å²) in [5, 5.41) is 10.1. The van der Waals surface area contributed by atoms with Crippen molar-refractivity contribution in [2.45, 2.75) is 31.2 Å². The summed E-state index contributed by atoms with van der Waals surface area (Å²) in [5.74, 6) is 0. The molecule has 6 nitrogen and oxygen atoms in total. The smallest absolute Gasteiger partial charge is 0.261 e. The van der Waals surface area contributed by atoms with Crippen molar-refractivity contribution < 1.29 is 8.42 Å². The molecular weight excluding hydrogens is 384 g/mol. The van der Waals surface area contributed by atoms with Gasteiger partial charge in [-0.05, 0) is 42.7 Å². The fourth-order valence-electron chi connectivity index (χ4n) is 2.94. The quantitative estimate of drug-likeness (QED) is 0.599. The molecule has 0 spiro atoms. The van der Waals surface area contributed by atoms with E-state index >= 15 is 0 Å². The molecule has 1 heterocycles. The van der Waals surface area contributed by atoms with Crippen LogP contribution in [0.4, 0.5) is 5.69 Å². The molecule has 0 saturated heterocycles. The number of sulfonamides is 1. The van der Waals surface area contributed by atoms with Crippen LogP contribution < -0.4 is 10.5 Å². The number of rotatable bonds is 5. The number of nitrogens with two attached hydrogens (primary N) is 1. The predicted octanol–water partition coefficient (Wildman–Crippen LogP) is 3.84. The maximum Gasteiger partial charge on any atom is 0.261 e. The molecule has 1 unspecified atom stereocenters. The zero-order valence-electron chi connectivity index (χ0n) is 15.0. The Morgan fingerprint density at radius 1 is 1.22 bits per heavy atom. The van der Waals surface area contributed by atoms with Crippen LogP contribution in [0.15, 0.2) is 47.5 Å². The zero-order valence-corrected chi connectivity index (χ0v) is 16.6. The second-order valence-electron chi connectivity index (χ2n) is 6.15. The van der Waals surface area contributed by atoms with Gasteiger partial charge in [0.1, 0.15) is 6.07 Å². The minimum atomic E-state index is -3.76. The monoisotopic (exact) mass is 404 g/mol. The van der Waals surface area contributed by atoms with Crippen LogP contribution in [0.25, 0.3) is 10.9 Å². The van der Waals surface area contributed by atoms with Crippen molar-refractivity contribution in [1.29, 1.82) is 5.26 Å². The van der Waals surface area contributed by atoms with Crippen molar-refractivity contribution in [1.82, 2.24) is 4.98 Å². The zero-order chi connectivity index (χ0) is 18.9. The van der Waals surface area contributed by atoms with Gasteiger partial charge in [-0.1, -0.05) is 25.1 Å². The number of halogens is 1. The van der Waals surface area contributed by atoms with Gasteiger partial charge in [-0.25, -0.2) is 8.42 Å². The topological polar surface area (TPSA) is 112 Å². The molecule has 8 heteroatoms. The predicted molar refractivity (Wildman–Crippen MR) is 109 cm³/mol. The molecule has 0 aliphatic rings. The number of aryl methyl sites for hydroxylation is 1. The summed E-state index contributed by atoms with van der Waals surface area (Å²) in [7, 11) is -3.76. The van der Waals surface area contributed by atoms with Gasteiger partial charge in [-0.3, -0.25) is 4.72 Å². The third-order valence-electron chi connectivity index (χ3n) is 4.38. The van der Waals surface area contributed by atoms with E-state index in [9.17, 15) is 13.7 Å². The maximum atomic E-state index is 12.7. The van der Waals surface area contributed by atoms with E-state index in [2.05, 4.69) is 15.8 Å². The second kappa shape index (κ2) is 8.01. The van der Waals surface area contributed by atoms with E-state index in [-0.39, 0.29) is 23.3 Å². The van der Waals surface area contributed by atoms with Crippen molar-refractivity contribution in [2.24, 2.45) is 5.73 Å². The number of aromatic amines is 1. The normalized spacial score (nSPS) is 12.2. The van der Waals surface area contributed by atoms with E-state index in [0.29, 0.717) is 16.8 Å². The summed E-state index contributed by atoms with van der Waals surface area (Å²) >= 11 is 0. The van der Waals surface area contributed by atoms with E-state index in [0.717, 1.165) is 22.9 Å². The standard InChI is InChI=1S/C19H20N4O2S.ClH/c1-3-13-6-9-17(19-18(13)15(10-20)11-22-19)23-26(24,25)16-7-4-14(5-8-16)12(2)21;/h4-9,11-12,22-23H,3,21H2,1-2H3;1H. The molecule has 27 heavy (non-hydrogen) atoms. The van der Waals surface area contributed by atoms with Crippen LogP contribution in [0.2, 0.25) is 0 Å². The average molecular weight is 405 g/mol. The third-order valence-corrected chi connectivity index (χ3v) is 5.77. The van der Waals surface area contributed by atoms with E-state index < -0.39 is 10.0 Å². The van der Waals surface area contributed by atoms with Crippen LogP contribution in [0.3, 0.4) is 0 Å². The van der Waals surface area contributed by atoms with Crippen molar-refractivity contribution >= 4 is 39.0 Å². The van der Waals surface area contributed by atoms with Gasteiger partial charge in [0.15, 0.2) is 0 Å². The first-order valence-corrected chi connectivity index (χ1v) is 9.77. The van der Waals surface area contributed by atoms with E-state index in [1.165, 1.54) is 12.1 Å². The minimum absolute atomic E-state index is 0. The van der Waals surface area contributed by atoms with Crippen LogP contribution in [-0.2, 0) is 16.4 Å². The number of hydrogen-bond donors (Lipinski definition) is 3. The van der Waals surface area contributed by atoms with Gasteiger partial charge < -0.3 is 10.7 Å². The van der Waals surface area contributed by atoms with Gasteiger partial charge in [-0.2, -0.15) is 5.26 Å². The van der Waals surface area contributed by atoms with Gasteiger partial charge in [0.05, 0.1) is 21.7 Å². The summed E-state index contributed by atoms with van der Waals surface area (Å²) in [6.45, 7) is 3.83. The fraction of sp³-hybridized carbons (Fsp3) is 0.211. The van der Waals surface area contributed by atoms with Crippen molar-refractivity contribution in [2.75, 3.05) is 4.72 Å². The van der Waals surface area contributed by atoms with Crippen LogP contribution in [-0.4, -0.2) is 13.4 Å². The highest BCUT2D eigenvalue weighted by atomic mass is 35.5. The van der Waals surface area contributed by atoms with Crippen molar-refractivity contribution in [3.8, 4) is 6.07 Å². The molecule has 2 aromatic carbocycles. The Bertz CT molecular complexity index is 1100. The summed E-state index contributed by atoms with van der Waals surface area (Å²) in [5.41, 5.74) is 9.18. The minimum Gasteiger partial charge on any atom is -0.358 e. The van der Waals surface area contributed by atoms with Gasteiger partial charge in [0.25, 0.3) is 10.0 Å². The summed E-state index contributed by atoms with van der Waals surface area (Å²) in [6, 6.07) is 12.0. The van der Waals surface area contributed by atoms with Crippen LogP contribution in [0.5, 0.6) is 0 Å². The summed E-state index contributed by atoms with van der Waals surface area (Å²) in [6.07, 6.45) is 2.34. The van der Waals surface area contributed by atoms with Crippen LogP contribution in [0, 0.1) is 11.3 Å². The first-order chi connectivity index (χ1) is 12.4. The maximum absolute atomic E-state index is 12.7. The number of nitriles is 1. The molecule has 0 aliphatic carbocycles. The SMILES string of the molecule is CCc1ccc(NS(=O)(=O)c2ccc(C(C)N)cc2)c2[nH]cc(C#N)c12.Cl. The highest BCUT2D eigenvalue weighted by Crippen LogP contribution is 2.30. The first-order valence-electron chi connectivity index (χ1n) is 8.28. The number of nitrogens with one attached hydrogen (secondary N) is 2.